The normalized spacial score (nSPS) is 19.1. The van der Waals surface area contributed by atoms with Crippen molar-refractivity contribution in [2.24, 2.45) is 0 Å². The summed E-state index contributed by atoms with van der Waals surface area (Å²) in [5.41, 5.74) is 4.90. The number of hydrazine groups is 1. The molecule has 0 bridgehead atoms. The molecule has 0 aliphatic carbocycles. The molecular weight excluding hydrogens is 212 g/mol. The summed E-state index contributed by atoms with van der Waals surface area (Å²) in [6.07, 6.45) is 1.17. The quantitative estimate of drug-likeness (QED) is 0.843. The predicted molar refractivity (Wildman–Crippen MR) is 69.9 cm³/mol. The molecule has 1 aromatic rings. The van der Waals surface area contributed by atoms with Gasteiger partial charge in [-0.05, 0) is 17.9 Å². The molecule has 1 heterocycles. The molecule has 0 saturated carbocycles. The van der Waals surface area contributed by atoms with E-state index >= 15 is 0 Å². The van der Waals surface area contributed by atoms with E-state index in [-0.39, 0.29) is 0 Å². The van der Waals surface area contributed by atoms with Gasteiger partial charge < -0.3 is 4.74 Å². The number of benzene rings is 1. The highest BCUT2D eigenvalue weighted by molar-refractivity contribution is 5.18. The summed E-state index contributed by atoms with van der Waals surface area (Å²) in [7, 11) is 0. The lowest BCUT2D eigenvalue weighted by atomic mass is 9.98. The molecule has 1 aliphatic heterocycles. The second-order valence-corrected chi connectivity index (χ2v) is 4.61. The van der Waals surface area contributed by atoms with E-state index in [2.05, 4.69) is 47.7 Å². The summed E-state index contributed by atoms with van der Waals surface area (Å²) < 4.78 is 5.31. The smallest absolute Gasteiger partial charge is 0.0608 e. The van der Waals surface area contributed by atoms with Gasteiger partial charge in [-0.2, -0.15) is 0 Å². The fourth-order valence-corrected chi connectivity index (χ4v) is 2.11. The Bertz CT molecular complexity index is 309. The zero-order valence-corrected chi connectivity index (χ0v) is 10.6. The van der Waals surface area contributed by atoms with Gasteiger partial charge in [0.05, 0.1) is 13.2 Å². The molecule has 2 rings (SSSR count). The van der Waals surface area contributed by atoms with E-state index in [9.17, 15) is 0 Å². The largest absolute Gasteiger partial charge is 0.379 e. The summed E-state index contributed by atoms with van der Waals surface area (Å²) in [5.74, 6) is 0.616. The molecule has 1 unspecified atom stereocenters. The Morgan fingerprint density at radius 3 is 2.65 bits per heavy atom. The van der Waals surface area contributed by atoms with E-state index in [1.807, 2.05) is 0 Å². The van der Waals surface area contributed by atoms with Crippen molar-refractivity contribution >= 4 is 0 Å². The molecule has 1 aliphatic rings. The number of nitrogens with zero attached hydrogens (tertiary/aromatic N) is 1. The molecule has 0 aromatic heterocycles. The van der Waals surface area contributed by atoms with Gasteiger partial charge in [0.25, 0.3) is 0 Å². The van der Waals surface area contributed by atoms with Crippen LogP contribution in [0.4, 0.5) is 0 Å². The van der Waals surface area contributed by atoms with Crippen LogP contribution in [0.5, 0.6) is 0 Å². The highest BCUT2D eigenvalue weighted by atomic mass is 16.5. The molecule has 1 aromatic carbocycles. The van der Waals surface area contributed by atoms with Crippen LogP contribution in [0.3, 0.4) is 0 Å². The van der Waals surface area contributed by atoms with Crippen molar-refractivity contribution in [3.8, 4) is 0 Å². The first kappa shape index (κ1) is 12.6. The third kappa shape index (κ3) is 4.11. The maximum atomic E-state index is 5.31. The van der Waals surface area contributed by atoms with E-state index in [4.69, 9.17) is 4.74 Å². The monoisotopic (exact) mass is 234 g/mol. The van der Waals surface area contributed by atoms with Crippen LogP contribution in [0.15, 0.2) is 30.3 Å². The van der Waals surface area contributed by atoms with Crippen LogP contribution in [0.2, 0.25) is 0 Å². The third-order valence-corrected chi connectivity index (χ3v) is 3.29. The summed E-state index contributed by atoms with van der Waals surface area (Å²) >= 11 is 0. The Labute approximate surface area is 104 Å². The first-order valence-electron chi connectivity index (χ1n) is 6.47. The molecule has 1 saturated heterocycles. The molecule has 3 nitrogen and oxygen atoms in total. The van der Waals surface area contributed by atoms with Crippen LogP contribution in [-0.4, -0.2) is 37.9 Å². The van der Waals surface area contributed by atoms with Gasteiger partial charge in [0, 0.05) is 19.6 Å². The van der Waals surface area contributed by atoms with Crippen molar-refractivity contribution < 1.29 is 4.74 Å². The number of nitrogens with one attached hydrogen (secondary N) is 1. The standard InChI is InChI=1S/C14H22N2O/c1-13(14-5-3-2-4-6-14)7-8-15-16-9-11-17-12-10-16/h2-6,13,15H,7-12H2,1H3. The van der Waals surface area contributed by atoms with Crippen LogP contribution < -0.4 is 5.43 Å². The minimum Gasteiger partial charge on any atom is -0.379 e. The first-order valence-corrected chi connectivity index (χ1v) is 6.47. The van der Waals surface area contributed by atoms with Crippen molar-refractivity contribution in [2.45, 2.75) is 19.3 Å². The molecule has 0 amide bonds. The summed E-state index contributed by atoms with van der Waals surface area (Å²) in [5, 5.41) is 2.27. The van der Waals surface area contributed by atoms with Gasteiger partial charge in [-0.15, -0.1) is 0 Å². The fraction of sp³-hybridized carbons (Fsp3) is 0.571. The lowest BCUT2D eigenvalue weighted by Crippen LogP contribution is -2.46. The third-order valence-electron chi connectivity index (χ3n) is 3.29. The van der Waals surface area contributed by atoms with Gasteiger partial charge in [0.15, 0.2) is 0 Å². The predicted octanol–water partition coefficient (Wildman–Crippen LogP) is 2.02. The number of hydrogen-bond donors (Lipinski definition) is 1. The molecule has 94 valence electrons. The molecule has 0 spiro atoms. The van der Waals surface area contributed by atoms with Crippen LogP contribution in [0.1, 0.15) is 24.8 Å². The van der Waals surface area contributed by atoms with Crippen molar-refractivity contribution in [1.82, 2.24) is 10.4 Å². The SMILES string of the molecule is CC(CCNN1CCOCC1)c1ccccc1. The number of rotatable bonds is 5. The Balaban J connectivity index is 1.67. The lowest BCUT2D eigenvalue weighted by molar-refractivity contribution is 0.0117. The molecule has 1 fully saturated rings. The second kappa shape index (κ2) is 6.74. The number of ether oxygens (including phenoxy) is 1. The summed E-state index contributed by atoms with van der Waals surface area (Å²) in [4.78, 5) is 0. The van der Waals surface area contributed by atoms with E-state index in [1.54, 1.807) is 0 Å². The summed E-state index contributed by atoms with van der Waals surface area (Å²) in [6, 6.07) is 10.7. The highest BCUT2D eigenvalue weighted by Gasteiger charge is 2.10. The molecule has 1 atom stereocenters. The topological polar surface area (TPSA) is 24.5 Å². The van der Waals surface area contributed by atoms with E-state index in [1.165, 1.54) is 12.0 Å². The van der Waals surface area contributed by atoms with Crippen LogP contribution in [0.25, 0.3) is 0 Å². The minimum atomic E-state index is 0.616. The maximum Gasteiger partial charge on any atom is 0.0608 e. The zero-order chi connectivity index (χ0) is 11.9. The first-order chi connectivity index (χ1) is 8.36. The van der Waals surface area contributed by atoms with Gasteiger partial charge in [0.1, 0.15) is 0 Å². The van der Waals surface area contributed by atoms with Gasteiger partial charge >= 0.3 is 0 Å². The van der Waals surface area contributed by atoms with E-state index in [0.29, 0.717) is 5.92 Å². The molecule has 0 radical (unpaired) electrons. The molecule has 3 heteroatoms. The van der Waals surface area contributed by atoms with Crippen LogP contribution in [-0.2, 0) is 4.74 Å². The van der Waals surface area contributed by atoms with Crippen molar-refractivity contribution in [3.63, 3.8) is 0 Å². The van der Waals surface area contributed by atoms with Crippen molar-refractivity contribution in [2.75, 3.05) is 32.8 Å². The average molecular weight is 234 g/mol. The van der Waals surface area contributed by atoms with E-state index in [0.717, 1.165) is 32.8 Å². The van der Waals surface area contributed by atoms with Gasteiger partial charge in [-0.1, -0.05) is 37.3 Å². The Kier molecular flexibility index (Phi) is 4.98. The molecular formula is C14H22N2O. The maximum absolute atomic E-state index is 5.31. The van der Waals surface area contributed by atoms with Gasteiger partial charge in [-0.3, -0.25) is 5.43 Å². The second-order valence-electron chi connectivity index (χ2n) is 4.61. The lowest BCUT2D eigenvalue weighted by Gasteiger charge is -2.27. The van der Waals surface area contributed by atoms with Crippen molar-refractivity contribution in [3.05, 3.63) is 35.9 Å². The fourth-order valence-electron chi connectivity index (χ4n) is 2.11. The minimum absolute atomic E-state index is 0.616. The Morgan fingerprint density at radius 2 is 1.94 bits per heavy atom. The average Bonchev–Trinajstić information content (AvgIpc) is 2.41. The number of hydrogen-bond acceptors (Lipinski definition) is 3. The highest BCUT2D eigenvalue weighted by Crippen LogP contribution is 2.17. The Morgan fingerprint density at radius 1 is 1.24 bits per heavy atom. The Hall–Kier alpha value is -0.900. The summed E-state index contributed by atoms with van der Waals surface area (Å²) in [6.45, 7) is 7.02. The zero-order valence-electron chi connectivity index (χ0n) is 10.6. The van der Waals surface area contributed by atoms with Crippen LogP contribution in [0, 0.1) is 0 Å². The molecule has 1 N–H and O–H groups in total. The van der Waals surface area contributed by atoms with Gasteiger partial charge in [-0.25, -0.2) is 5.01 Å². The number of morpholine rings is 1. The van der Waals surface area contributed by atoms with Crippen molar-refractivity contribution in [1.29, 1.82) is 0 Å². The van der Waals surface area contributed by atoms with Crippen LogP contribution >= 0.6 is 0 Å². The molecule has 17 heavy (non-hydrogen) atoms. The van der Waals surface area contributed by atoms with E-state index < -0.39 is 0 Å². The van der Waals surface area contributed by atoms with Gasteiger partial charge in [0.2, 0.25) is 0 Å².